The van der Waals surface area contributed by atoms with Crippen molar-refractivity contribution in [2.24, 2.45) is 5.73 Å². The molecule has 0 bridgehead atoms. The molecule has 1 rings (SSSR count). The van der Waals surface area contributed by atoms with Gasteiger partial charge in [-0.1, -0.05) is 19.1 Å². The summed E-state index contributed by atoms with van der Waals surface area (Å²) in [6.07, 6.45) is -3.80. The molecule has 4 nitrogen and oxygen atoms in total. The molecule has 120 valence electrons. The molecule has 0 unspecified atom stereocenters. The van der Waals surface area contributed by atoms with Gasteiger partial charge in [0.2, 0.25) is 10.0 Å². The lowest BCUT2D eigenvalue weighted by Crippen LogP contribution is -2.34. The van der Waals surface area contributed by atoms with Gasteiger partial charge in [-0.2, -0.15) is 17.5 Å². The van der Waals surface area contributed by atoms with Crippen LogP contribution in [0.4, 0.5) is 13.2 Å². The Morgan fingerprint density at radius 1 is 1.19 bits per heavy atom. The molecule has 0 amide bonds. The molecule has 0 saturated heterocycles. The van der Waals surface area contributed by atoms with Gasteiger partial charge in [0, 0.05) is 13.1 Å². The van der Waals surface area contributed by atoms with Crippen LogP contribution in [0.3, 0.4) is 0 Å². The van der Waals surface area contributed by atoms with Gasteiger partial charge in [-0.05, 0) is 31.5 Å². The first-order valence-corrected chi connectivity index (χ1v) is 8.05. The second kappa shape index (κ2) is 7.24. The van der Waals surface area contributed by atoms with E-state index >= 15 is 0 Å². The van der Waals surface area contributed by atoms with E-state index in [4.69, 9.17) is 5.73 Å². The Labute approximate surface area is 122 Å². The SMILES string of the molecule is CCCN(CCCN)S(=O)(=O)c1ccccc1C(F)(F)F. The van der Waals surface area contributed by atoms with Crippen molar-refractivity contribution in [3.8, 4) is 0 Å². The highest BCUT2D eigenvalue weighted by Crippen LogP contribution is 2.35. The molecule has 0 aliphatic rings. The number of hydrogen-bond donors (Lipinski definition) is 1. The van der Waals surface area contributed by atoms with Crippen molar-refractivity contribution in [3.05, 3.63) is 29.8 Å². The van der Waals surface area contributed by atoms with Gasteiger partial charge < -0.3 is 5.73 Å². The maximum atomic E-state index is 13.0. The topological polar surface area (TPSA) is 63.4 Å². The molecule has 0 spiro atoms. The fraction of sp³-hybridized carbons (Fsp3) is 0.538. The molecule has 0 atom stereocenters. The summed E-state index contributed by atoms with van der Waals surface area (Å²) < 4.78 is 65.0. The second-order valence-corrected chi connectivity index (χ2v) is 6.45. The van der Waals surface area contributed by atoms with E-state index < -0.39 is 26.7 Å². The van der Waals surface area contributed by atoms with Gasteiger partial charge in [0.1, 0.15) is 0 Å². The number of nitrogens with zero attached hydrogens (tertiary/aromatic N) is 1. The molecule has 1 aromatic rings. The predicted molar refractivity (Wildman–Crippen MR) is 74.2 cm³/mol. The van der Waals surface area contributed by atoms with Crippen molar-refractivity contribution < 1.29 is 21.6 Å². The van der Waals surface area contributed by atoms with Crippen LogP contribution in [0.5, 0.6) is 0 Å². The monoisotopic (exact) mass is 324 g/mol. The Morgan fingerprint density at radius 2 is 1.81 bits per heavy atom. The average Bonchev–Trinajstić information content (AvgIpc) is 2.42. The highest BCUT2D eigenvalue weighted by molar-refractivity contribution is 7.89. The molecule has 0 aliphatic heterocycles. The highest BCUT2D eigenvalue weighted by Gasteiger charge is 2.38. The number of rotatable bonds is 7. The fourth-order valence-corrected chi connectivity index (χ4v) is 3.72. The molecular weight excluding hydrogens is 305 g/mol. The van der Waals surface area contributed by atoms with Gasteiger partial charge >= 0.3 is 6.18 Å². The van der Waals surface area contributed by atoms with Gasteiger partial charge in [0.25, 0.3) is 0 Å². The lowest BCUT2D eigenvalue weighted by Gasteiger charge is -2.23. The largest absolute Gasteiger partial charge is 0.417 e. The third-order valence-electron chi connectivity index (χ3n) is 2.89. The molecule has 0 saturated carbocycles. The minimum atomic E-state index is -4.71. The number of halogens is 3. The summed E-state index contributed by atoms with van der Waals surface area (Å²) in [6, 6.07) is 4.23. The number of sulfonamides is 1. The molecule has 1 aromatic carbocycles. The Balaban J connectivity index is 3.28. The van der Waals surface area contributed by atoms with E-state index in [0.29, 0.717) is 12.8 Å². The zero-order valence-corrected chi connectivity index (χ0v) is 12.5. The van der Waals surface area contributed by atoms with Crippen LogP contribution in [-0.4, -0.2) is 32.4 Å². The van der Waals surface area contributed by atoms with Crippen molar-refractivity contribution >= 4 is 10.0 Å². The predicted octanol–water partition coefficient (Wildman–Crippen LogP) is 2.45. The van der Waals surface area contributed by atoms with Crippen LogP contribution in [0.25, 0.3) is 0 Å². The molecule has 0 aromatic heterocycles. The molecule has 0 radical (unpaired) electrons. The van der Waals surface area contributed by atoms with Gasteiger partial charge in [-0.15, -0.1) is 0 Å². The maximum absolute atomic E-state index is 13.0. The minimum absolute atomic E-state index is 0.110. The van der Waals surface area contributed by atoms with E-state index in [0.717, 1.165) is 16.4 Å². The molecule has 2 N–H and O–H groups in total. The van der Waals surface area contributed by atoms with E-state index in [-0.39, 0.29) is 19.6 Å². The minimum Gasteiger partial charge on any atom is -0.330 e. The first-order chi connectivity index (χ1) is 9.75. The van der Waals surface area contributed by atoms with Crippen LogP contribution in [0.1, 0.15) is 25.3 Å². The van der Waals surface area contributed by atoms with Gasteiger partial charge in [0.15, 0.2) is 0 Å². The summed E-state index contributed by atoms with van der Waals surface area (Å²) in [4.78, 5) is -0.706. The van der Waals surface area contributed by atoms with Crippen molar-refractivity contribution in [2.75, 3.05) is 19.6 Å². The molecule has 21 heavy (non-hydrogen) atoms. The quantitative estimate of drug-likeness (QED) is 0.838. The number of alkyl halides is 3. The van der Waals surface area contributed by atoms with Crippen LogP contribution in [0.15, 0.2) is 29.2 Å². The lowest BCUT2D eigenvalue weighted by atomic mass is 10.2. The van der Waals surface area contributed by atoms with Gasteiger partial charge in [0.05, 0.1) is 10.5 Å². The number of hydrogen-bond acceptors (Lipinski definition) is 3. The van der Waals surface area contributed by atoms with E-state index in [9.17, 15) is 21.6 Å². The summed E-state index contributed by atoms with van der Waals surface area (Å²) in [5.41, 5.74) is 4.21. The standard InChI is InChI=1S/C13H19F3N2O2S/c1-2-9-18(10-5-8-17)21(19,20)12-7-4-3-6-11(12)13(14,15)16/h3-4,6-7H,2,5,8-10,17H2,1H3. The van der Waals surface area contributed by atoms with Crippen molar-refractivity contribution in [1.82, 2.24) is 4.31 Å². The maximum Gasteiger partial charge on any atom is 0.417 e. The van der Waals surface area contributed by atoms with E-state index in [1.54, 1.807) is 6.92 Å². The Bertz CT molecular complexity index is 559. The van der Waals surface area contributed by atoms with Gasteiger partial charge in [-0.3, -0.25) is 0 Å². The number of benzene rings is 1. The zero-order chi connectivity index (χ0) is 16.1. The van der Waals surface area contributed by atoms with E-state index in [1.165, 1.54) is 12.1 Å². The molecule has 0 fully saturated rings. The van der Waals surface area contributed by atoms with E-state index in [2.05, 4.69) is 0 Å². The molecule has 0 heterocycles. The highest BCUT2D eigenvalue weighted by atomic mass is 32.2. The van der Waals surface area contributed by atoms with Crippen LogP contribution >= 0.6 is 0 Å². The summed E-state index contributed by atoms with van der Waals surface area (Å²) >= 11 is 0. The zero-order valence-electron chi connectivity index (χ0n) is 11.7. The first-order valence-electron chi connectivity index (χ1n) is 6.61. The third kappa shape index (κ3) is 4.42. The van der Waals surface area contributed by atoms with Crippen LogP contribution in [-0.2, 0) is 16.2 Å². The fourth-order valence-electron chi connectivity index (χ4n) is 1.93. The Hall–Kier alpha value is -1.12. The van der Waals surface area contributed by atoms with Crippen LogP contribution in [0, 0.1) is 0 Å². The summed E-state index contributed by atoms with van der Waals surface area (Å²) in [6.45, 7) is 2.31. The third-order valence-corrected chi connectivity index (χ3v) is 4.85. The van der Waals surface area contributed by atoms with Gasteiger partial charge in [-0.25, -0.2) is 8.42 Å². The average molecular weight is 324 g/mol. The van der Waals surface area contributed by atoms with Crippen molar-refractivity contribution in [1.29, 1.82) is 0 Å². The van der Waals surface area contributed by atoms with Crippen LogP contribution < -0.4 is 5.73 Å². The van der Waals surface area contributed by atoms with E-state index in [1.807, 2.05) is 0 Å². The molecular formula is C13H19F3N2O2S. The Kier molecular flexibility index (Phi) is 6.18. The smallest absolute Gasteiger partial charge is 0.330 e. The number of nitrogens with two attached hydrogens (primary N) is 1. The normalized spacial score (nSPS) is 12.9. The Morgan fingerprint density at radius 3 is 2.33 bits per heavy atom. The second-order valence-electron chi connectivity index (χ2n) is 4.54. The summed E-state index contributed by atoms with van der Waals surface area (Å²) in [5.74, 6) is 0. The lowest BCUT2D eigenvalue weighted by molar-refractivity contribution is -0.139. The molecule has 8 heteroatoms. The summed E-state index contributed by atoms with van der Waals surface area (Å²) in [5, 5.41) is 0. The van der Waals surface area contributed by atoms with Crippen molar-refractivity contribution in [3.63, 3.8) is 0 Å². The summed E-state index contributed by atoms with van der Waals surface area (Å²) in [7, 11) is -4.19. The first kappa shape index (κ1) is 17.9. The van der Waals surface area contributed by atoms with Crippen LogP contribution in [0.2, 0.25) is 0 Å². The molecule has 0 aliphatic carbocycles. The van der Waals surface area contributed by atoms with Crippen molar-refractivity contribution in [2.45, 2.75) is 30.8 Å².